The second-order valence-electron chi connectivity index (χ2n) is 14.6. The van der Waals surface area contributed by atoms with Crippen LogP contribution in [0.4, 0.5) is 0 Å². The third kappa shape index (κ3) is 4.67. The Kier molecular flexibility index (Phi) is 6.99. The van der Waals surface area contributed by atoms with E-state index >= 15 is 0 Å². The molecule has 0 radical (unpaired) electrons. The van der Waals surface area contributed by atoms with Gasteiger partial charge in [-0.15, -0.1) is 0 Å². The summed E-state index contributed by atoms with van der Waals surface area (Å²) >= 11 is 0. The first kappa shape index (κ1) is 28.8. The molecule has 5 amide bonds. The molecule has 0 aromatic carbocycles. The molecule has 3 unspecified atom stereocenters. The predicted octanol–water partition coefficient (Wildman–Crippen LogP) is -0.0817. The fourth-order valence-electron chi connectivity index (χ4n) is 7.71. The van der Waals surface area contributed by atoms with Crippen molar-refractivity contribution in [3.63, 3.8) is 0 Å². The molecule has 0 spiro atoms. The number of fused-ring (bicyclic) bond motifs is 1. The smallest absolute Gasteiger partial charge is 0.250 e. The Morgan fingerprint density at radius 2 is 1.77 bits per heavy atom. The van der Waals surface area contributed by atoms with Crippen molar-refractivity contribution in [2.24, 2.45) is 39.9 Å². The van der Waals surface area contributed by atoms with Crippen molar-refractivity contribution in [1.82, 2.24) is 26.2 Å². The van der Waals surface area contributed by atoms with Crippen LogP contribution in [0, 0.1) is 39.9 Å². The number of aliphatic hydroxyl groups is 1. The third-order valence-corrected chi connectivity index (χ3v) is 10.6. The number of amides is 5. The van der Waals surface area contributed by atoms with Gasteiger partial charge >= 0.3 is 0 Å². The second kappa shape index (κ2) is 9.70. The molecule has 222 valence electrons. The van der Waals surface area contributed by atoms with E-state index in [0.29, 0.717) is 25.4 Å². The number of nitrogens with one attached hydrogen (secondary N) is 4. The van der Waals surface area contributed by atoms with Gasteiger partial charge in [0, 0.05) is 31.5 Å². The lowest BCUT2D eigenvalue weighted by Crippen LogP contribution is -2.66. The van der Waals surface area contributed by atoms with Gasteiger partial charge in [0.05, 0.1) is 6.04 Å². The fraction of sp³-hybridized carbons (Fsp3) is 0.828. The molecule has 40 heavy (non-hydrogen) atoms. The van der Waals surface area contributed by atoms with Gasteiger partial charge < -0.3 is 31.3 Å². The maximum absolute atomic E-state index is 14.1. The molecular weight excluding hydrogens is 514 g/mol. The Morgan fingerprint density at radius 1 is 1.12 bits per heavy atom. The van der Waals surface area contributed by atoms with Crippen molar-refractivity contribution < 1.29 is 29.1 Å². The minimum atomic E-state index is -1.55. The number of carbonyl (C=O) groups excluding carboxylic acids is 5. The highest BCUT2D eigenvalue weighted by molar-refractivity contribution is 5.96. The zero-order chi connectivity index (χ0) is 29.4. The Hall–Kier alpha value is -2.69. The molecular formula is C29H45N5O6. The van der Waals surface area contributed by atoms with Crippen LogP contribution in [0.25, 0.3) is 0 Å². The van der Waals surface area contributed by atoms with Crippen molar-refractivity contribution in [2.75, 3.05) is 20.1 Å². The van der Waals surface area contributed by atoms with Crippen LogP contribution >= 0.6 is 0 Å². The lowest BCUT2D eigenvalue weighted by atomic mass is 9.44. The number of likely N-dealkylation sites (N-methyl/N-ethyl adjacent to an activating group) is 1. The van der Waals surface area contributed by atoms with Gasteiger partial charge in [0.1, 0.15) is 12.1 Å². The topological polar surface area (TPSA) is 157 Å². The van der Waals surface area contributed by atoms with E-state index in [1.807, 2.05) is 20.8 Å². The number of aliphatic hydroxyl groups excluding tert-OH is 1. The van der Waals surface area contributed by atoms with Crippen LogP contribution in [-0.4, -0.2) is 83.9 Å². The van der Waals surface area contributed by atoms with Crippen LogP contribution in [-0.2, 0) is 24.0 Å². The summed E-state index contributed by atoms with van der Waals surface area (Å²) in [5, 5.41) is 21.9. The Labute approximate surface area is 235 Å². The number of piperidine rings is 1. The molecule has 0 aromatic rings. The Balaban J connectivity index is 1.36. The van der Waals surface area contributed by atoms with Gasteiger partial charge in [-0.05, 0) is 60.7 Å². The van der Waals surface area contributed by atoms with Gasteiger partial charge in [-0.1, -0.05) is 34.6 Å². The summed E-state index contributed by atoms with van der Waals surface area (Å²) in [5.41, 5.74) is -1.06. The van der Waals surface area contributed by atoms with Crippen LogP contribution in [0.15, 0.2) is 0 Å². The molecule has 2 heterocycles. The lowest BCUT2D eigenvalue weighted by Gasteiger charge is -2.60. The number of nitrogens with zero attached hydrogens (tertiary/aromatic N) is 1. The highest BCUT2D eigenvalue weighted by Gasteiger charge is 2.70. The highest BCUT2D eigenvalue weighted by Crippen LogP contribution is 2.66. The largest absolute Gasteiger partial charge is 0.381 e. The molecule has 0 aromatic heterocycles. The minimum Gasteiger partial charge on any atom is -0.381 e. The molecule has 11 nitrogen and oxygen atoms in total. The number of likely N-dealkylation sites (tertiary alicyclic amines) is 1. The van der Waals surface area contributed by atoms with Crippen molar-refractivity contribution in [3.05, 3.63) is 0 Å². The van der Waals surface area contributed by atoms with Crippen LogP contribution in [0.1, 0.15) is 66.7 Å². The Morgan fingerprint density at radius 3 is 2.27 bits per heavy atom. The monoisotopic (exact) mass is 559 g/mol. The summed E-state index contributed by atoms with van der Waals surface area (Å²) < 4.78 is 0. The van der Waals surface area contributed by atoms with Gasteiger partial charge in [-0.25, -0.2) is 0 Å². The zero-order valence-corrected chi connectivity index (χ0v) is 24.5. The maximum atomic E-state index is 14.1. The van der Waals surface area contributed by atoms with Gasteiger partial charge in [0.25, 0.3) is 5.91 Å². The van der Waals surface area contributed by atoms with E-state index in [2.05, 4.69) is 35.1 Å². The number of hydrogen-bond donors (Lipinski definition) is 5. The van der Waals surface area contributed by atoms with Crippen LogP contribution in [0.5, 0.6) is 0 Å². The highest BCUT2D eigenvalue weighted by atomic mass is 16.3. The van der Waals surface area contributed by atoms with Gasteiger partial charge in [0.2, 0.25) is 23.6 Å². The first-order chi connectivity index (χ1) is 18.6. The number of hydrogen-bond acceptors (Lipinski definition) is 6. The summed E-state index contributed by atoms with van der Waals surface area (Å²) in [6.45, 7) is 10.8. The van der Waals surface area contributed by atoms with Crippen LogP contribution < -0.4 is 21.3 Å². The molecule has 4 aliphatic carbocycles. The predicted molar refractivity (Wildman–Crippen MR) is 145 cm³/mol. The van der Waals surface area contributed by atoms with Crippen LogP contribution in [0.2, 0.25) is 0 Å². The molecule has 2 aliphatic heterocycles. The minimum absolute atomic E-state index is 0.0717. The molecule has 6 aliphatic rings. The van der Waals surface area contributed by atoms with E-state index in [1.165, 1.54) is 7.05 Å². The summed E-state index contributed by atoms with van der Waals surface area (Å²) in [6, 6.07) is -2.60. The van der Waals surface area contributed by atoms with Crippen LogP contribution in [0.3, 0.4) is 0 Å². The molecule has 7 atom stereocenters. The van der Waals surface area contributed by atoms with E-state index in [0.717, 1.165) is 19.3 Å². The zero-order valence-electron chi connectivity index (χ0n) is 24.5. The Bertz CT molecular complexity index is 1100. The summed E-state index contributed by atoms with van der Waals surface area (Å²) in [4.78, 5) is 67.5. The summed E-state index contributed by atoms with van der Waals surface area (Å²) in [6.07, 6.45) is 1.74. The van der Waals surface area contributed by atoms with Gasteiger partial charge in [-0.3, -0.25) is 24.0 Å². The first-order valence-corrected chi connectivity index (χ1v) is 14.7. The van der Waals surface area contributed by atoms with Crippen molar-refractivity contribution in [1.29, 1.82) is 0 Å². The van der Waals surface area contributed by atoms with E-state index in [1.54, 1.807) is 4.90 Å². The third-order valence-electron chi connectivity index (χ3n) is 10.6. The van der Waals surface area contributed by atoms with E-state index in [4.69, 9.17) is 0 Å². The molecule has 6 fully saturated rings. The van der Waals surface area contributed by atoms with E-state index in [-0.39, 0.29) is 46.8 Å². The van der Waals surface area contributed by atoms with Crippen molar-refractivity contribution >= 4 is 29.5 Å². The summed E-state index contributed by atoms with van der Waals surface area (Å²) in [7, 11) is 1.40. The average Bonchev–Trinajstić information content (AvgIpc) is 3.17. The maximum Gasteiger partial charge on any atom is 0.250 e. The van der Waals surface area contributed by atoms with Gasteiger partial charge in [0.15, 0.2) is 6.10 Å². The quantitative estimate of drug-likeness (QED) is 0.266. The number of carbonyl (C=O) groups is 5. The van der Waals surface area contributed by atoms with E-state index in [9.17, 15) is 29.1 Å². The lowest BCUT2D eigenvalue weighted by molar-refractivity contribution is -0.168. The first-order valence-electron chi connectivity index (χ1n) is 14.7. The fourth-order valence-corrected chi connectivity index (χ4v) is 7.71. The molecule has 2 bridgehead atoms. The SMILES string of the molecule is CNC(=O)C(O)C(C[C@@H]1CCNC1=O)NC(=O)[C@@H]1[C@@H]2[C@H](CN1C(=O)C(NC(=O)C13CC(C1)C3)C(C)(C)C)C2(C)C. The van der Waals surface area contributed by atoms with Crippen molar-refractivity contribution in [3.8, 4) is 0 Å². The standard InChI is InChI=1S/C29H45N5O6/c1-27(2,3)21(33-26(40)29-10-14(11-29)12-29)25(39)34-13-16-18(28(16,4)5)19(34)23(37)32-17(20(35)24(38)30-6)9-15-7-8-31-22(15)36/h14-21,35H,7-13H2,1-6H3,(H,30,38)(H,31,36)(H,32,37)(H,33,40)/t14?,15-,16-,17?,18-,19-,20?,21?,29?/m0/s1. The molecule has 11 heteroatoms. The van der Waals surface area contributed by atoms with E-state index < -0.39 is 47.4 Å². The van der Waals surface area contributed by atoms with Crippen molar-refractivity contribution in [2.45, 2.75) is 91.0 Å². The second-order valence-corrected chi connectivity index (χ2v) is 14.6. The molecule has 6 rings (SSSR count). The summed E-state index contributed by atoms with van der Waals surface area (Å²) in [5.74, 6) is -1.39. The van der Waals surface area contributed by atoms with Gasteiger partial charge in [-0.2, -0.15) is 0 Å². The molecule has 2 saturated heterocycles. The molecule has 4 saturated carbocycles. The molecule has 5 N–H and O–H groups in total. The average molecular weight is 560 g/mol. The normalized spacial score (nSPS) is 35.2. The number of rotatable bonds is 9.